The molecule has 4 nitrogen and oxygen atoms in total. The van der Waals surface area contributed by atoms with Crippen molar-refractivity contribution >= 4 is 12.1 Å². The zero-order chi connectivity index (χ0) is 41.5. The van der Waals surface area contributed by atoms with Crippen LogP contribution in [0.2, 0.25) is 0 Å². The van der Waals surface area contributed by atoms with Crippen LogP contribution in [0.3, 0.4) is 0 Å². The first kappa shape index (κ1) is 51.1. The van der Waals surface area contributed by atoms with Crippen LogP contribution >= 0.6 is 0 Å². The predicted molar refractivity (Wildman–Crippen MR) is 243 cm³/mol. The molecule has 3 N–H and O–H groups in total. The molecule has 5 unspecified atom stereocenters. The third-order valence-corrected chi connectivity index (χ3v) is 12.9. The maximum Gasteiger partial charge on any atom is 0.206 e. The van der Waals surface area contributed by atoms with Crippen molar-refractivity contribution in [2.45, 2.75) is 166 Å². The molecule has 1 amide bonds. The van der Waals surface area contributed by atoms with Crippen molar-refractivity contribution in [3.63, 3.8) is 0 Å². The second-order valence-electron chi connectivity index (χ2n) is 16.6. The number of carbonyl (C=O) groups excluding carboxylic acids is 1. The van der Waals surface area contributed by atoms with E-state index >= 15 is 0 Å². The number of amides is 1. The van der Waals surface area contributed by atoms with Gasteiger partial charge in [0.15, 0.2) is 0 Å². The molecule has 1 fully saturated rings. The highest BCUT2D eigenvalue weighted by Gasteiger charge is 2.50. The lowest BCUT2D eigenvalue weighted by Gasteiger charge is -2.56. The van der Waals surface area contributed by atoms with Crippen LogP contribution in [-0.4, -0.2) is 27.1 Å². The molecule has 4 rings (SSSR count). The van der Waals surface area contributed by atoms with Crippen LogP contribution in [0.5, 0.6) is 0 Å². The first-order valence-corrected chi connectivity index (χ1v) is 21.6. The number of aryl methyl sites for hydroxylation is 1. The molecular formula is C50H87N3O. The van der Waals surface area contributed by atoms with Crippen LogP contribution in [0.25, 0.3) is 0 Å². The van der Waals surface area contributed by atoms with E-state index in [1.807, 2.05) is 27.0 Å². The average Bonchev–Trinajstić information content (AvgIpc) is 3.18. The van der Waals surface area contributed by atoms with Gasteiger partial charge in [-0.1, -0.05) is 117 Å². The van der Waals surface area contributed by atoms with Gasteiger partial charge in [-0.3, -0.25) is 4.79 Å². The molecule has 0 heterocycles. The molecule has 54 heavy (non-hydrogen) atoms. The molecule has 308 valence electrons. The maximum atomic E-state index is 9.06. The molecule has 0 aliphatic heterocycles. The Morgan fingerprint density at radius 1 is 0.981 bits per heavy atom. The number of hydrogen-bond acceptors (Lipinski definition) is 3. The topological polar surface area (TPSA) is 53.2 Å². The second-order valence-corrected chi connectivity index (χ2v) is 16.6. The van der Waals surface area contributed by atoms with E-state index in [1.165, 1.54) is 86.6 Å². The first-order valence-electron chi connectivity index (χ1n) is 21.6. The molecule has 6 atom stereocenters. The number of carbonyl (C=O) groups is 1. The first-order chi connectivity index (χ1) is 25.7. The number of nitrogens with one attached hydrogen (secondary N) is 3. The van der Waals surface area contributed by atoms with E-state index in [4.69, 9.17) is 4.79 Å². The number of benzene rings is 1. The van der Waals surface area contributed by atoms with Gasteiger partial charge in [-0.25, -0.2) is 0 Å². The average molecular weight is 746 g/mol. The van der Waals surface area contributed by atoms with E-state index in [9.17, 15) is 0 Å². The van der Waals surface area contributed by atoms with E-state index in [-0.39, 0.29) is 5.41 Å². The number of fused-ring (bicyclic) bond motifs is 2. The molecule has 4 heteroatoms. The Morgan fingerprint density at radius 3 is 2.09 bits per heavy atom. The fraction of sp³-hybridized carbons (Fsp3) is 0.660. The summed E-state index contributed by atoms with van der Waals surface area (Å²) >= 11 is 0. The number of hydrogen-bond donors (Lipinski definition) is 3. The Bertz CT molecular complexity index is 1330. The molecule has 1 aromatic carbocycles. The summed E-state index contributed by atoms with van der Waals surface area (Å²) in [6.07, 6.45) is 22.3. The van der Waals surface area contributed by atoms with Gasteiger partial charge in [0.05, 0.1) is 0 Å². The molecule has 3 aliphatic carbocycles. The van der Waals surface area contributed by atoms with Crippen LogP contribution in [0, 0.1) is 28.6 Å². The smallest absolute Gasteiger partial charge is 0.206 e. The van der Waals surface area contributed by atoms with Crippen molar-refractivity contribution in [1.82, 2.24) is 10.6 Å². The zero-order valence-corrected chi connectivity index (χ0v) is 38.0. The summed E-state index contributed by atoms with van der Waals surface area (Å²) in [6, 6.07) is 6.91. The highest BCUT2D eigenvalue weighted by Crippen LogP contribution is 2.61. The summed E-state index contributed by atoms with van der Waals surface area (Å²) in [7, 11) is 3.54. The van der Waals surface area contributed by atoms with Crippen molar-refractivity contribution in [2.24, 2.45) is 28.6 Å². The highest BCUT2D eigenvalue weighted by atomic mass is 16.1. The van der Waals surface area contributed by atoms with Gasteiger partial charge in [-0.15, -0.1) is 13.2 Å². The third-order valence-electron chi connectivity index (χ3n) is 12.9. The fourth-order valence-electron chi connectivity index (χ4n) is 9.48. The SMILES string of the molecule is C=CC(CC)C1CCc2ccc(NC(=C)CCNC)cc2C1(C)CC.C=CCC.CC.CC[C@@]1(C)CCCC2(C)C(C=C(C)C)=C(C)CCC21.CNC=O. The molecule has 0 spiro atoms. The van der Waals surface area contributed by atoms with E-state index in [0.717, 1.165) is 31.0 Å². The molecule has 1 saturated carbocycles. The van der Waals surface area contributed by atoms with Crippen LogP contribution < -0.4 is 16.0 Å². The quantitative estimate of drug-likeness (QED) is 0.139. The molecule has 0 aromatic heterocycles. The highest BCUT2D eigenvalue weighted by molar-refractivity contribution is 5.55. The van der Waals surface area contributed by atoms with Crippen LogP contribution in [0.15, 0.2) is 78.6 Å². The third kappa shape index (κ3) is 14.0. The normalized spacial score (nSPS) is 25.6. The number of rotatable bonds is 13. The Balaban J connectivity index is 0.000000852. The lowest BCUT2D eigenvalue weighted by Crippen LogP contribution is -2.46. The minimum absolute atomic E-state index is 0.215. The second kappa shape index (κ2) is 26.1. The van der Waals surface area contributed by atoms with Gasteiger partial charge in [-0.2, -0.15) is 0 Å². The van der Waals surface area contributed by atoms with Crippen molar-refractivity contribution in [3.8, 4) is 0 Å². The monoisotopic (exact) mass is 746 g/mol. The standard InChI is InChI=1S/C23H36N2.C19H32.C4H8.C2H5NO.C2H6/c1-7-18(8-2)21-13-11-19-10-12-20(25-17(4)14-15-24-6)16-22(19)23(21,5)9-3;1-7-18(5)11-8-12-19(6)16(13-14(2)3)15(4)9-10-17(18)19;1-3-4-2;1-3-2-4;1-2/h7,10,12,16,18,21,24-25H,1,4,8-9,11,13-15H2,2-3,5-6H3;13,17H,7-12H2,1-6H3;3H,1,4H2,2H3;2H,1H3,(H,3,4);1-2H3/t;17?,18-,19?;;;/m.0.../s1. The van der Waals surface area contributed by atoms with E-state index in [1.54, 1.807) is 18.2 Å². The van der Waals surface area contributed by atoms with Crippen LogP contribution in [-0.2, 0) is 16.6 Å². The Kier molecular flexibility index (Phi) is 24.7. The molecular weight excluding hydrogens is 659 g/mol. The summed E-state index contributed by atoms with van der Waals surface area (Å²) in [5, 5.41) is 8.93. The summed E-state index contributed by atoms with van der Waals surface area (Å²) in [6.45, 7) is 40.2. The summed E-state index contributed by atoms with van der Waals surface area (Å²) in [4.78, 5) is 9.06. The lowest BCUT2D eigenvalue weighted by atomic mass is 9.49. The van der Waals surface area contributed by atoms with Crippen molar-refractivity contribution in [1.29, 1.82) is 0 Å². The minimum Gasteiger partial charge on any atom is -0.362 e. The van der Waals surface area contributed by atoms with Gasteiger partial charge in [0.2, 0.25) is 6.41 Å². The number of allylic oxidation sites excluding steroid dienone is 6. The van der Waals surface area contributed by atoms with Crippen LogP contribution in [0.1, 0.15) is 165 Å². The molecule has 3 aliphatic rings. The largest absolute Gasteiger partial charge is 0.362 e. The number of anilines is 1. The van der Waals surface area contributed by atoms with Gasteiger partial charge in [0, 0.05) is 25.0 Å². The maximum absolute atomic E-state index is 9.06. The van der Waals surface area contributed by atoms with E-state index in [0.29, 0.717) is 29.1 Å². The van der Waals surface area contributed by atoms with Gasteiger partial charge < -0.3 is 16.0 Å². The summed E-state index contributed by atoms with van der Waals surface area (Å²) < 4.78 is 0. The Hall–Kier alpha value is -2.85. The van der Waals surface area contributed by atoms with Crippen molar-refractivity contribution in [3.05, 3.63) is 89.7 Å². The molecule has 0 bridgehead atoms. The van der Waals surface area contributed by atoms with E-state index in [2.05, 4.69) is 135 Å². The van der Waals surface area contributed by atoms with E-state index < -0.39 is 0 Å². The van der Waals surface area contributed by atoms with Crippen molar-refractivity contribution in [2.75, 3.05) is 26.0 Å². The minimum atomic E-state index is 0.215. The van der Waals surface area contributed by atoms with Crippen LogP contribution in [0.4, 0.5) is 5.69 Å². The van der Waals surface area contributed by atoms with Gasteiger partial charge in [-0.05, 0) is 155 Å². The van der Waals surface area contributed by atoms with Gasteiger partial charge in [0.1, 0.15) is 0 Å². The molecule has 0 saturated heterocycles. The zero-order valence-electron chi connectivity index (χ0n) is 38.0. The Labute approximate surface area is 336 Å². The summed E-state index contributed by atoms with van der Waals surface area (Å²) in [5.41, 5.74) is 11.3. The molecule has 1 aromatic rings. The van der Waals surface area contributed by atoms with Gasteiger partial charge >= 0.3 is 0 Å². The Morgan fingerprint density at radius 2 is 1.61 bits per heavy atom. The van der Waals surface area contributed by atoms with Gasteiger partial charge in [0.25, 0.3) is 0 Å². The van der Waals surface area contributed by atoms with Crippen molar-refractivity contribution < 1.29 is 4.79 Å². The fourth-order valence-corrected chi connectivity index (χ4v) is 9.48. The summed E-state index contributed by atoms with van der Waals surface area (Å²) in [5.74, 6) is 2.16. The predicted octanol–water partition coefficient (Wildman–Crippen LogP) is 13.9. The molecule has 0 radical (unpaired) electrons. The lowest BCUT2D eigenvalue weighted by molar-refractivity contribution is -0.109.